The summed E-state index contributed by atoms with van der Waals surface area (Å²) in [4.78, 5) is 29.2. The number of nitrogens with zero attached hydrogens (tertiary/aromatic N) is 2. The van der Waals surface area contributed by atoms with Gasteiger partial charge in [-0.05, 0) is 78.7 Å². The molecule has 4 rings (SSSR count). The zero-order valence-corrected chi connectivity index (χ0v) is 26.7. The molecule has 4 aromatic rings. The van der Waals surface area contributed by atoms with Crippen molar-refractivity contribution in [3.8, 4) is 5.75 Å². The third-order valence-corrected chi connectivity index (χ3v) is 9.25. The minimum Gasteiger partial charge on any atom is -0.497 e. The summed E-state index contributed by atoms with van der Waals surface area (Å²) in [5.41, 5.74) is 1.67. The largest absolute Gasteiger partial charge is 0.497 e. The first-order valence-corrected chi connectivity index (χ1v) is 16.1. The van der Waals surface area contributed by atoms with E-state index in [4.69, 9.17) is 4.74 Å². The molecule has 8 nitrogen and oxygen atoms in total. The lowest BCUT2D eigenvalue weighted by molar-refractivity contribution is -0.140. The van der Waals surface area contributed by atoms with Crippen LogP contribution in [0.15, 0.2) is 112 Å². The van der Waals surface area contributed by atoms with E-state index in [0.717, 1.165) is 32.0 Å². The molecule has 0 saturated carbocycles. The van der Waals surface area contributed by atoms with Crippen molar-refractivity contribution in [1.82, 2.24) is 10.2 Å². The van der Waals surface area contributed by atoms with E-state index in [9.17, 15) is 22.4 Å². The van der Waals surface area contributed by atoms with Gasteiger partial charge < -0.3 is 15.0 Å². The molecule has 0 aliphatic carbocycles. The molecular formula is C33H33BrFN3O5S. The van der Waals surface area contributed by atoms with Crippen molar-refractivity contribution in [3.63, 3.8) is 0 Å². The number of hydrogen-bond acceptors (Lipinski definition) is 5. The highest BCUT2D eigenvalue weighted by Gasteiger charge is 2.34. The summed E-state index contributed by atoms with van der Waals surface area (Å²) in [5, 5.41) is 2.83. The third-order valence-electron chi connectivity index (χ3n) is 6.93. The lowest BCUT2D eigenvalue weighted by Crippen LogP contribution is -2.53. The molecule has 0 spiro atoms. The number of anilines is 1. The number of amides is 2. The number of rotatable bonds is 13. The second-order valence-corrected chi connectivity index (χ2v) is 12.7. The van der Waals surface area contributed by atoms with E-state index < -0.39 is 34.3 Å². The summed E-state index contributed by atoms with van der Waals surface area (Å²) < 4.78 is 48.8. The maximum atomic E-state index is 14.3. The molecule has 11 heteroatoms. The zero-order valence-electron chi connectivity index (χ0n) is 24.3. The quantitative estimate of drug-likeness (QED) is 0.199. The van der Waals surface area contributed by atoms with E-state index in [1.165, 1.54) is 48.4 Å². The van der Waals surface area contributed by atoms with E-state index >= 15 is 0 Å². The molecule has 0 aliphatic heterocycles. The highest BCUT2D eigenvalue weighted by Crippen LogP contribution is 2.27. The first-order chi connectivity index (χ1) is 21.1. The van der Waals surface area contributed by atoms with Crippen LogP contribution in [0.2, 0.25) is 0 Å². The molecule has 0 bridgehead atoms. The molecular weight excluding hydrogens is 649 g/mol. The van der Waals surface area contributed by atoms with Crippen molar-refractivity contribution >= 4 is 43.5 Å². The molecule has 0 heterocycles. The summed E-state index contributed by atoms with van der Waals surface area (Å²) in [6.07, 6.45) is 0.205. The second kappa shape index (κ2) is 15.0. The SMILES string of the molecule is CCNC(=O)[C@@H](Cc1ccccc1)N(Cc1ccc(Br)cc1)C(=O)CN(c1ccc(F)cc1)S(=O)(=O)c1ccc(OC)cc1. The highest BCUT2D eigenvalue weighted by atomic mass is 79.9. The number of methoxy groups -OCH3 is 1. The predicted octanol–water partition coefficient (Wildman–Crippen LogP) is 5.57. The molecule has 0 aliphatic rings. The Hall–Kier alpha value is -4.22. The van der Waals surface area contributed by atoms with Crippen molar-refractivity contribution in [3.05, 3.63) is 125 Å². The summed E-state index contributed by atoms with van der Waals surface area (Å²) in [7, 11) is -2.85. The fourth-order valence-corrected chi connectivity index (χ4v) is 6.32. The molecule has 230 valence electrons. The number of halogens is 2. The first kappa shape index (κ1) is 32.7. The Balaban J connectivity index is 1.78. The van der Waals surface area contributed by atoms with Crippen LogP contribution in [-0.4, -0.2) is 51.4 Å². The predicted molar refractivity (Wildman–Crippen MR) is 171 cm³/mol. The molecule has 0 unspecified atom stereocenters. The maximum Gasteiger partial charge on any atom is 0.264 e. The van der Waals surface area contributed by atoms with Crippen LogP contribution in [-0.2, 0) is 32.6 Å². The topological polar surface area (TPSA) is 96.0 Å². The molecule has 0 fully saturated rings. The van der Waals surface area contributed by atoms with Gasteiger partial charge in [-0.25, -0.2) is 12.8 Å². The van der Waals surface area contributed by atoms with Gasteiger partial charge in [0.05, 0.1) is 17.7 Å². The minimum absolute atomic E-state index is 0.0423. The highest BCUT2D eigenvalue weighted by molar-refractivity contribution is 9.10. The first-order valence-electron chi connectivity index (χ1n) is 13.9. The Kier molecular flexibility index (Phi) is 11.1. The Morgan fingerprint density at radius 3 is 2.11 bits per heavy atom. The van der Waals surface area contributed by atoms with Crippen LogP contribution < -0.4 is 14.4 Å². The fraction of sp³-hybridized carbons (Fsp3) is 0.212. The zero-order chi connectivity index (χ0) is 31.7. The molecule has 44 heavy (non-hydrogen) atoms. The van der Waals surface area contributed by atoms with E-state index in [0.29, 0.717) is 12.3 Å². The molecule has 2 amide bonds. The summed E-state index contributed by atoms with van der Waals surface area (Å²) in [5.74, 6) is -1.08. The van der Waals surface area contributed by atoms with Gasteiger partial charge in [-0.15, -0.1) is 0 Å². The normalized spacial score (nSPS) is 11.8. The Bertz CT molecular complexity index is 1650. The second-order valence-electron chi connectivity index (χ2n) is 9.91. The number of carbonyl (C=O) groups excluding carboxylic acids is 2. The van der Waals surface area contributed by atoms with E-state index in [1.54, 1.807) is 6.92 Å². The number of ether oxygens (including phenoxy) is 1. The van der Waals surface area contributed by atoms with Crippen molar-refractivity contribution in [2.45, 2.75) is 30.8 Å². The van der Waals surface area contributed by atoms with Crippen LogP contribution in [0.25, 0.3) is 0 Å². The van der Waals surface area contributed by atoms with Gasteiger partial charge in [-0.2, -0.15) is 0 Å². The smallest absolute Gasteiger partial charge is 0.264 e. The van der Waals surface area contributed by atoms with Crippen molar-refractivity contribution < 1.29 is 27.1 Å². The van der Waals surface area contributed by atoms with Crippen molar-refractivity contribution in [1.29, 1.82) is 0 Å². The summed E-state index contributed by atoms with van der Waals surface area (Å²) in [6, 6.07) is 26.3. The number of benzene rings is 4. The monoisotopic (exact) mass is 681 g/mol. The standard InChI is InChI=1S/C33H33BrFN3O5S/c1-3-36-33(40)31(21-24-7-5-4-6-8-24)37(22-25-9-11-26(34)12-10-25)32(39)23-38(28-15-13-27(35)14-16-28)44(41,42)30-19-17-29(43-2)18-20-30/h4-20,31H,3,21-23H2,1-2H3,(H,36,40)/t31-/m1/s1. The summed E-state index contributed by atoms with van der Waals surface area (Å²) >= 11 is 3.42. The molecule has 0 radical (unpaired) electrons. The van der Waals surface area contributed by atoms with Gasteiger partial charge >= 0.3 is 0 Å². The molecule has 0 aromatic heterocycles. The van der Waals surface area contributed by atoms with Crippen molar-refractivity contribution in [2.75, 3.05) is 24.5 Å². The van der Waals surface area contributed by atoms with Crippen LogP contribution in [0.4, 0.5) is 10.1 Å². The summed E-state index contributed by atoms with van der Waals surface area (Å²) in [6.45, 7) is 1.54. The number of carbonyl (C=O) groups is 2. The van der Waals surface area contributed by atoms with Gasteiger partial charge in [0.25, 0.3) is 10.0 Å². The molecule has 0 saturated heterocycles. The van der Waals surface area contributed by atoms with Crippen LogP contribution in [0.3, 0.4) is 0 Å². The molecule has 1 atom stereocenters. The third kappa shape index (κ3) is 8.23. The molecule has 1 N–H and O–H groups in total. The minimum atomic E-state index is -4.31. The van der Waals surface area contributed by atoms with Gasteiger partial charge in [0.1, 0.15) is 24.2 Å². The van der Waals surface area contributed by atoms with Gasteiger partial charge in [0.2, 0.25) is 11.8 Å². The van der Waals surface area contributed by atoms with E-state index in [2.05, 4.69) is 21.2 Å². The Morgan fingerprint density at radius 1 is 0.886 bits per heavy atom. The molecule has 4 aromatic carbocycles. The number of nitrogens with one attached hydrogen (secondary N) is 1. The van der Waals surface area contributed by atoms with Crippen LogP contribution >= 0.6 is 15.9 Å². The number of likely N-dealkylation sites (N-methyl/N-ethyl adjacent to an activating group) is 1. The van der Waals surface area contributed by atoms with Gasteiger partial charge in [0, 0.05) is 24.0 Å². The van der Waals surface area contributed by atoms with Crippen molar-refractivity contribution in [2.24, 2.45) is 0 Å². The van der Waals surface area contributed by atoms with Gasteiger partial charge in [0.15, 0.2) is 0 Å². The lowest BCUT2D eigenvalue weighted by atomic mass is 10.0. The van der Waals surface area contributed by atoms with Crippen LogP contribution in [0.1, 0.15) is 18.1 Å². The lowest BCUT2D eigenvalue weighted by Gasteiger charge is -2.33. The van der Waals surface area contributed by atoms with Crippen LogP contribution in [0.5, 0.6) is 5.75 Å². The fourth-order valence-electron chi connectivity index (χ4n) is 4.64. The average Bonchev–Trinajstić information content (AvgIpc) is 3.03. The maximum absolute atomic E-state index is 14.3. The van der Waals surface area contributed by atoms with Crippen LogP contribution in [0, 0.1) is 5.82 Å². The number of sulfonamides is 1. The Labute approximate surface area is 265 Å². The average molecular weight is 683 g/mol. The number of hydrogen-bond donors (Lipinski definition) is 1. The van der Waals surface area contributed by atoms with Gasteiger partial charge in [-0.1, -0.05) is 58.4 Å². The van der Waals surface area contributed by atoms with Gasteiger partial charge in [-0.3, -0.25) is 13.9 Å². The van der Waals surface area contributed by atoms with E-state index in [1.807, 2.05) is 54.6 Å². The Morgan fingerprint density at radius 2 is 1.52 bits per heavy atom. The van der Waals surface area contributed by atoms with E-state index in [-0.39, 0.29) is 29.5 Å².